The number of benzene rings is 1. The second kappa shape index (κ2) is 6.30. The third-order valence-corrected chi connectivity index (χ3v) is 4.56. The average Bonchev–Trinajstić information content (AvgIpc) is 3.04. The molecule has 0 saturated heterocycles. The molecule has 1 aromatic heterocycles. The van der Waals surface area contributed by atoms with Crippen LogP contribution in [0.1, 0.15) is 72.2 Å². The van der Waals surface area contributed by atoms with Gasteiger partial charge in [-0.15, -0.1) is 0 Å². The van der Waals surface area contributed by atoms with E-state index in [0.717, 1.165) is 17.7 Å². The van der Waals surface area contributed by atoms with Gasteiger partial charge in [-0.3, -0.25) is 4.79 Å². The van der Waals surface area contributed by atoms with Crippen LogP contribution in [0, 0.1) is 0 Å². The predicted octanol–water partition coefficient (Wildman–Crippen LogP) is 5.12. The van der Waals surface area contributed by atoms with Crippen molar-refractivity contribution in [1.29, 1.82) is 0 Å². The van der Waals surface area contributed by atoms with E-state index in [1.807, 2.05) is 19.1 Å². The molecule has 0 atom stereocenters. The van der Waals surface area contributed by atoms with E-state index in [-0.39, 0.29) is 5.78 Å². The fourth-order valence-electron chi connectivity index (χ4n) is 3.31. The summed E-state index contributed by atoms with van der Waals surface area (Å²) in [6.07, 6.45) is 8.95. The van der Waals surface area contributed by atoms with Crippen LogP contribution >= 0.6 is 0 Å². The number of hydrogen-bond acceptors (Lipinski definition) is 2. The minimum atomic E-state index is 0.0656. The Morgan fingerprint density at radius 2 is 1.81 bits per heavy atom. The zero-order chi connectivity index (χ0) is 14.7. The highest BCUT2D eigenvalue weighted by molar-refractivity contribution is 6.09. The molecular formula is C19H22O2. The Balaban J connectivity index is 1.79. The molecule has 0 bridgehead atoms. The van der Waals surface area contributed by atoms with E-state index in [4.69, 9.17) is 4.42 Å². The number of hydrogen-bond donors (Lipinski definition) is 0. The molecule has 1 fully saturated rings. The van der Waals surface area contributed by atoms with Gasteiger partial charge in [0.2, 0.25) is 0 Å². The molecule has 1 aliphatic rings. The van der Waals surface area contributed by atoms with Gasteiger partial charge in [0.25, 0.3) is 0 Å². The van der Waals surface area contributed by atoms with Crippen molar-refractivity contribution in [3.05, 3.63) is 59.0 Å². The number of furan rings is 1. The average molecular weight is 282 g/mol. The Bertz CT molecular complexity index is 601. The molecule has 0 aliphatic heterocycles. The first-order valence-corrected chi connectivity index (χ1v) is 8.00. The first kappa shape index (κ1) is 14.1. The Morgan fingerprint density at radius 3 is 2.48 bits per heavy atom. The zero-order valence-corrected chi connectivity index (χ0v) is 12.6. The predicted molar refractivity (Wildman–Crippen MR) is 83.8 cm³/mol. The molecule has 0 N–H and O–H groups in total. The molecule has 0 unspecified atom stereocenters. The summed E-state index contributed by atoms with van der Waals surface area (Å²) >= 11 is 0. The van der Waals surface area contributed by atoms with E-state index in [0.29, 0.717) is 11.5 Å². The molecule has 2 nitrogen and oxygen atoms in total. The molecule has 21 heavy (non-hydrogen) atoms. The second-order valence-electron chi connectivity index (χ2n) is 5.90. The lowest BCUT2D eigenvalue weighted by molar-refractivity contribution is 0.103. The van der Waals surface area contributed by atoms with Gasteiger partial charge in [0.1, 0.15) is 5.76 Å². The van der Waals surface area contributed by atoms with Crippen LogP contribution in [0.25, 0.3) is 0 Å². The first-order chi connectivity index (χ1) is 10.3. The third kappa shape index (κ3) is 2.94. The van der Waals surface area contributed by atoms with Crippen molar-refractivity contribution in [1.82, 2.24) is 0 Å². The summed E-state index contributed by atoms with van der Waals surface area (Å²) in [6.45, 7) is 2.00. The van der Waals surface area contributed by atoms with Crippen LogP contribution in [0.4, 0.5) is 0 Å². The van der Waals surface area contributed by atoms with Gasteiger partial charge in [-0.2, -0.15) is 0 Å². The van der Waals surface area contributed by atoms with Crippen LogP contribution < -0.4 is 0 Å². The Hall–Kier alpha value is -1.83. The lowest BCUT2D eigenvalue weighted by Gasteiger charge is -2.22. The maximum Gasteiger partial charge on any atom is 0.196 e. The lowest BCUT2D eigenvalue weighted by atomic mass is 9.83. The molecule has 1 heterocycles. The second-order valence-corrected chi connectivity index (χ2v) is 5.90. The van der Waals surface area contributed by atoms with Gasteiger partial charge < -0.3 is 4.42 Å². The molecule has 2 heteroatoms. The summed E-state index contributed by atoms with van der Waals surface area (Å²) in [5, 5.41) is 0. The summed E-state index contributed by atoms with van der Waals surface area (Å²) < 4.78 is 5.35. The van der Waals surface area contributed by atoms with E-state index >= 15 is 0 Å². The van der Waals surface area contributed by atoms with Crippen molar-refractivity contribution in [2.24, 2.45) is 0 Å². The molecule has 0 amide bonds. The topological polar surface area (TPSA) is 30.2 Å². The molecule has 0 spiro atoms. The van der Waals surface area contributed by atoms with Gasteiger partial charge in [0.05, 0.1) is 11.8 Å². The highest BCUT2D eigenvalue weighted by Crippen LogP contribution is 2.32. The normalized spacial score (nSPS) is 16.0. The Morgan fingerprint density at radius 1 is 1.10 bits per heavy atom. The summed E-state index contributed by atoms with van der Waals surface area (Å²) in [7, 11) is 0. The van der Waals surface area contributed by atoms with E-state index < -0.39 is 0 Å². The minimum absolute atomic E-state index is 0.0656. The molecule has 2 aromatic rings. The Kier molecular flexibility index (Phi) is 4.23. The van der Waals surface area contributed by atoms with E-state index in [2.05, 4.69) is 12.1 Å². The van der Waals surface area contributed by atoms with Crippen LogP contribution in [-0.2, 0) is 6.42 Å². The molecule has 1 aromatic carbocycles. The Labute approximate surface area is 126 Å². The van der Waals surface area contributed by atoms with Gasteiger partial charge in [-0.05, 0) is 30.4 Å². The number of rotatable bonds is 4. The van der Waals surface area contributed by atoms with E-state index in [9.17, 15) is 4.79 Å². The van der Waals surface area contributed by atoms with Crippen molar-refractivity contribution in [3.8, 4) is 0 Å². The summed E-state index contributed by atoms with van der Waals surface area (Å²) in [5.74, 6) is 1.52. The highest BCUT2D eigenvalue weighted by Gasteiger charge is 2.18. The van der Waals surface area contributed by atoms with Gasteiger partial charge in [0.15, 0.2) is 5.78 Å². The van der Waals surface area contributed by atoms with Crippen molar-refractivity contribution in [3.63, 3.8) is 0 Å². The minimum Gasteiger partial charge on any atom is -0.469 e. The maximum absolute atomic E-state index is 12.5. The standard InChI is InChI=1S/C19H22O2/c1-2-18-17(12-13-21-18)19(20)16-10-8-15(9-11-16)14-6-4-3-5-7-14/h8-14H,2-7H2,1H3. The smallest absolute Gasteiger partial charge is 0.196 e. The van der Waals surface area contributed by atoms with Crippen molar-refractivity contribution < 1.29 is 9.21 Å². The van der Waals surface area contributed by atoms with Crippen LogP contribution in [0.2, 0.25) is 0 Å². The number of carbonyl (C=O) groups excluding carboxylic acids is 1. The van der Waals surface area contributed by atoms with Crippen LogP contribution in [0.3, 0.4) is 0 Å². The zero-order valence-electron chi connectivity index (χ0n) is 12.6. The molecular weight excluding hydrogens is 260 g/mol. The molecule has 1 aliphatic carbocycles. The van der Waals surface area contributed by atoms with Crippen molar-refractivity contribution in [2.75, 3.05) is 0 Å². The SMILES string of the molecule is CCc1occc1C(=O)c1ccc(C2CCCCC2)cc1. The van der Waals surface area contributed by atoms with Gasteiger partial charge >= 0.3 is 0 Å². The lowest BCUT2D eigenvalue weighted by Crippen LogP contribution is -2.06. The summed E-state index contributed by atoms with van der Waals surface area (Å²) in [6, 6.07) is 9.98. The van der Waals surface area contributed by atoms with Crippen LogP contribution in [-0.4, -0.2) is 5.78 Å². The monoisotopic (exact) mass is 282 g/mol. The van der Waals surface area contributed by atoms with Gasteiger partial charge in [-0.25, -0.2) is 0 Å². The molecule has 0 radical (unpaired) electrons. The van der Waals surface area contributed by atoms with Crippen LogP contribution in [0.15, 0.2) is 41.0 Å². The van der Waals surface area contributed by atoms with Crippen molar-refractivity contribution in [2.45, 2.75) is 51.4 Å². The fraction of sp³-hybridized carbons (Fsp3) is 0.421. The summed E-state index contributed by atoms with van der Waals surface area (Å²) in [5.41, 5.74) is 2.84. The van der Waals surface area contributed by atoms with E-state index in [1.54, 1.807) is 12.3 Å². The van der Waals surface area contributed by atoms with Crippen molar-refractivity contribution >= 4 is 5.78 Å². The first-order valence-electron chi connectivity index (χ1n) is 8.00. The fourth-order valence-corrected chi connectivity index (χ4v) is 3.31. The summed E-state index contributed by atoms with van der Waals surface area (Å²) in [4.78, 5) is 12.5. The quantitative estimate of drug-likeness (QED) is 0.728. The van der Waals surface area contributed by atoms with Gasteiger partial charge in [0, 0.05) is 12.0 Å². The number of aryl methyl sites for hydroxylation is 1. The van der Waals surface area contributed by atoms with Crippen LogP contribution in [0.5, 0.6) is 0 Å². The van der Waals surface area contributed by atoms with Gasteiger partial charge in [-0.1, -0.05) is 50.5 Å². The van der Waals surface area contributed by atoms with E-state index in [1.165, 1.54) is 37.7 Å². The number of carbonyl (C=O) groups is 1. The molecule has 3 rings (SSSR count). The molecule has 1 saturated carbocycles. The maximum atomic E-state index is 12.5. The largest absolute Gasteiger partial charge is 0.469 e. The molecule has 110 valence electrons. The number of ketones is 1. The third-order valence-electron chi connectivity index (χ3n) is 4.56. The highest BCUT2D eigenvalue weighted by atomic mass is 16.3.